The summed E-state index contributed by atoms with van der Waals surface area (Å²) in [7, 11) is 0. The van der Waals surface area contributed by atoms with E-state index in [9.17, 15) is 22.8 Å². The highest BCUT2D eigenvalue weighted by atomic mass is 19.4. The molecule has 0 aromatic heterocycles. The lowest BCUT2D eigenvalue weighted by atomic mass is 9.48. The summed E-state index contributed by atoms with van der Waals surface area (Å²) in [5.74, 6) is 1.45. The van der Waals surface area contributed by atoms with E-state index in [2.05, 4.69) is 25.2 Å². The van der Waals surface area contributed by atoms with E-state index in [1.807, 2.05) is 0 Å². The molecule has 6 rings (SSSR count). The van der Waals surface area contributed by atoms with Gasteiger partial charge in [-0.15, -0.1) is 0 Å². The summed E-state index contributed by atoms with van der Waals surface area (Å²) in [6.45, 7) is 4.69. The van der Waals surface area contributed by atoms with Crippen molar-refractivity contribution in [2.24, 2.45) is 28.6 Å². The van der Waals surface area contributed by atoms with Crippen molar-refractivity contribution in [3.05, 3.63) is 47.5 Å². The van der Waals surface area contributed by atoms with Crippen LogP contribution in [0.15, 0.2) is 36.4 Å². The number of nitrogens with one attached hydrogen (secondary N) is 1. The Morgan fingerprint density at radius 2 is 1.74 bits per heavy atom. The number of nitrogens with zero attached hydrogens (tertiary/aromatic N) is 1. The molecule has 1 aromatic rings. The molecule has 1 N–H and O–H groups in total. The second-order valence-corrected chi connectivity index (χ2v) is 13.3. The Kier molecular flexibility index (Phi) is 6.04. The molecule has 206 valence electrons. The van der Waals surface area contributed by atoms with Gasteiger partial charge in [-0.1, -0.05) is 51.3 Å². The maximum absolute atomic E-state index is 14.0. The number of fused-ring (bicyclic) bond motifs is 5. The van der Waals surface area contributed by atoms with E-state index < -0.39 is 23.3 Å². The van der Waals surface area contributed by atoms with Gasteiger partial charge in [0.05, 0.1) is 17.1 Å². The van der Waals surface area contributed by atoms with E-state index in [-0.39, 0.29) is 17.4 Å². The summed E-state index contributed by atoms with van der Waals surface area (Å²) in [5.41, 5.74) is -0.997. The lowest BCUT2D eigenvalue weighted by molar-refractivity contribution is -0.137. The van der Waals surface area contributed by atoms with Gasteiger partial charge in [-0.3, -0.25) is 9.69 Å². The number of imide groups is 1. The Hall–Kier alpha value is -2.31. The molecular weight excluding hydrogens is 489 g/mol. The number of alkyl halides is 3. The predicted octanol–water partition coefficient (Wildman–Crippen LogP) is 7.58. The first-order valence-corrected chi connectivity index (χ1v) is 14.5. The van der Waals surface area contributed by atoms with E-state index in [4.69, 9.17) is 0 Å². The molecule has 4 saturated carbocycles. The summed E-state index contributed by atoms with van der Waals surface area (Å²) < 4.78 is 40.5. The van der Waals surface area contributed by atoms with Gasteiger partial charge in [-0.05, 0) is 92.2 Å². The van der Waals surface area contributed by atoms with Crippen LogP contribution in [0.5, 0.6) is 0 Å². The molecular formula is C31H39F3N2O2. The number of hydrogen-bond donors (Lipinski definition) is 1. The van der Waals surface area contributed by atoms with Gasteiger partial charge in [0.2, 0.25) is 0 Å². The van der Waals surface area contributed by atoms with Gasteiger partial charge in [-0.2, -0.15) is 13.2 Å². The number of carbonyl (C=O) groups excluding carboxylic acids is 2. The standard InChI is InChI=1S/C31H39F3N2O2/c1-28-14-6-9-23(28)22-10-11-25-29(2,24(22)12-17-28)18-13-26(37)36(25)27(38)35-30(15-3-4-16-30)20-7-5-8-21(19-20)31(32,33)34/h5,7-8,13,18-19,22-25H,3-4,6,9-12,14-17H2,1-2H3,(H,35,38)/t22-,23-,24-,25+,28-,29+/m0/s1. The highest BCUT2D eigenvalue weighted by Crippen LogP contribution is 2.64. The van der Waals surface area contributed by atoms with Gasteiger partial charge >= 0.3 is 12.2 Å². The maximum Gasteiger partial charge on any atom is 0.416 e. The molecule has 0 spiro atoms. The monoisotopic (exact) mass is 528 g/mol. The maximum atomic E-state index is 14.0. The highest BCUT2D eigenvalue weighted by Gasteiger charge is 2.59. The van der Waals surface area contributed by atoms with Crippen molar-refractivity contribution in [3.8, 4) is 0 Å². The molecule has 38 heavy (non-hydrogen) atoms. The zero-order valence-electron chi connectivity index (χ0n) is 22.4. The van der Waals surface area contributed by atoms with Crippen LogP contribution < -0.4 is 5.32 Å². The molecule has 1 aromatic carbocycles. The average molecular weight is 529 g/mol. The summed E-state index contributed by atoms with van der Waals surface area (Å²) >= 11 is 0. The van der Waals surface area contributed by atoms with Crippen LogP contribution in [0.2, 0.25) is 0 Å². The van der Waals surface area contributed by atoms with E-state index in [1.54, 1.807) is 12.1 Å². The van der Waals surface area contributed by atoms with Crippen LogP contribution in [0.3, 0.4) is 0 Å². The minimum atomic E-state index is -4.46. The number of benzene rings is 1. The topological polar surface area (TPSA) is 49.4 Å². The summed E-state index contributed by atoms with van der Waals surface area (Å²) in [4.78, 5) is 28.6. The number of amides is 3. The summed E-state index contributed by atoms with van der Waals surface area (Å²) in [6, 6.07) is 4.63. The van der Waals surface area contributed by atoms with Crippen LogP contribution >= 0.6 is 0 Å². The second kappa shape index (κ2) is 8.85. The lowest BCUT2D eigenvalue weighted by Gasteiger charge is -2.59. The minimum absolute atomic E-state index is 0.230. The van der Waals surface area contributed by atoms with Crippen molar-refractivity contribution in [1.82, 2.24) is 10.2 Å². The van der Waals surface area contributed by atoms with Gasteiger partial charge in [0.1, 0.15) is 0 Å². The molecule has 1 heterocycles. The Morgan fingerprint density at radius 3 is 2.47 bits per heavy atom. The minimum Gasteiger partial charge on any atom is -0.328 e. The Balaban J connectivity index is 1.29. The summed E-state index contributed by atoms with van der Waals surface area (Å²) in [6.07, 6.45) is 9.96. The molecule has 0 saturated heterocycles. The van der Waals surface area contributed by atoms with Gasteiger partial charge in [-0.25, -0.2) is 4.79 Å². The molecule has 6 atom stereocenters. The Bertz CT molecular complexity index is 1160. The largest absolute Gasteiger partial charge is 0.416 e. The molecule has 0 unspecified atom stereocenters. The third kappa shape index (κ3) is 3.93. The third-order valence-electron chi connectivity index (χ3n) is 11.4. The Morgan fingerprint density at radius 1 is 0.974 bits per heavy atom. The quantitative estimate of drug-likeness (QED) is 0.430. The summed E-state index contributed by atoms with van der Waals surface area (Å²) in [5, 5.41) is 3.12. The van der Waals surface area contributed by atoms with Crippen molar-refractivity contribution >= 4 is 11.9 Å². The SMILES string of the molecule is C[C@@]12CCC[C@H]1[C@@H]1CC[C@H]3N(C(=O)NC4(c5cccc(C(F)(F)F)c5)CCCC4)C(=O)C=C[C@]3(C)[C@H]1CC2. The highest BCUT2D eigenvalue weighted by molar-refractivity contribution is 6.02. The van der Waals surface area contributed by atoms with Crippen LogP contribution in [0, 0.1) is 28.6 Å². The number of hydrogen-bond acceptors (Lipinski definition) is 2. The van der Waals surface area contributed by atoms with Crippen LogP contribution in [0.1, 0.15) is 95.6 Å². The van der Waals surface area contributed by atoms with Crippen molar-refractivity contribution in [2.45, 2.75) is 102 Å². The van der Waals surface area contributed by atoms with E-state index in [1.165, 1.54) is 42.7 Å². The molecule has 3 amide bonds. The van der Waals surface area contributed by atoms with Crippen LogP contribution in [-0.4, -0.2) is 22.9 Å². The molecule has 4 nitrogen and oxygen atoms in total. The lowest BCUT2D eigenvalue weighted by Crippen LogP contribution is -2.64. The van der Waals surface area contributed by atoms with Gasteiger partial charge in [0.15, 0.2) is 0 Å². The number of rotatable bonds is 2. The first kappa shape index (κ1) is 25.9. The smallest absolute Gasteiger partial charge is 0.328 e. The fourth-order valence-electron chi connectivity index (χ4n) is 9.45. The molecule has 0 radical (unpaired) electrons. The van der Waals surface area contributed by atoms with Crippen molar-refractivity contribution in [2.75, 3.05) is 0 Å². The van der Waals surface area contributed by atoms with E-state index in [0.717, 1.165) is 44.1 Å². The average Bonchev–Trinajstić information content (AvgIpc) is 3.51. The third-order valence-corrected chi connectivity index (χ3v) is 11.4. The zero-order valence-corrected chi connectivity index (χ0v) is 22.4. The number of halogens is 3. The number of carbonyl (C=O) groups is 2. The van der Waals surface area contributed by atoms with Crippen LogP contribution in [-0.2, 0) is 16.5 Å². The zero-order chi connectivity index (χ0) is 26.9. The molecule has 1 aliphatic heterocycles. The molecule has 4 aliphatic carbocycles. The fraction of sp³-hybridized carbons (Fsp3) is 0.677. The van der Waals surface area contributed by atoms with Crippen molar-refractivity contribution in [3.63, 3.8) is 0 Å². The molecule has 4 fully saturated rings. The Labute approximate surface area is 223 Å². The first-order valence-electron chi connectivity index (χ1n) is 14.5. The van der Waals surface area contributed by atoms with Crippen LogP contribution in [0.4, 0.5) is 18.0 Å². The molecule has 7 heteroatoms. The normalized spacial score (nSPS) is 37.9. The number of urea groups is 1. The fourth-order valence-corrected chi connectivity index (χ4v) is 9.45. The van der Waals surface area contributed by atoms with Crippen LogP contribution in [0.25, 0.3) is 0 Å². The van der Waals surface area contributed by atoms with E-state index in [0.29, 0.717) is 35.7 Å². The second-order valence-electron chi connectivity index (χ2n) is 13.3. The van der Waals surface area contributed by atoms with Crippen molar-refractivity contribution < 1.29 is 22.8 Å². The van der Waals surface area contributed by atoms with E-state index >= 15 is 0 Å². The molecule has 0 bridgehead atoms. The van der Waals surface area contributed by atoms with Gasteiger partial charge in [0.25, 0.3) is 5.91 Å². The van der Waals surface area contributed by atoms with Gasteiger partial charge in [0, 0.05) is 11.5 Å². The van der Waals surface area contributed by atoms with Crippen molar-refractivity contribution in [1.29, 1.82) is 0 Å². The predicted molar refractivity (Wildman–Crippen MR) is 139 cm³/mol. The molecule has 5 aliphatic rings. The van der Waals surface area contributed by atoms with Gasteiger partial charge < -0.3 is 5.32 Å². The first-order chi connectivity index (χ1) is 18.0.